The van der Waals surface area contributed by atoms with Crippen LogP contribution in [-0.2, 0) is 4.79 Å². The highest BCUT2D eigenvalue weighted by Crippen LogP contribution is 2.42. The number of carbonyl (C=O) groups excluding carboxylic acids is 1. The minimum Gasteiger partial charge on any atom is -0.351 e. The van der Waals surface area contributed by atoms with Crippen molar-refractivity contribution >= 4 is 11.8 Å². The molecule has 2 rings (SSSR count). The Kier molecular flexibility index (Phi) is 13.1. The molecule has 0 saturated carbocycles. The van der Waals surface area contributed by atoms with Gasteiger partial charge in [-0.2, -0.15) is 0 Å². The van der Waals surface area contributed by atoms with Gasteiger partial charge in [0.1, 0.15) is 0 Å². The van der Waals surface area contributed by atoms with Gasteiger partial charge in [-0.25, -0.2) is 9.38 Å². The molecule has 7 atom stereocenters. The SMILES string of the molecule is CCCC1(CC)CCC(F)=C=NC(C(C(=O)NC2CN(C(C)CC)CCC2C(NC)NCN)C(N)N)C1. The molecule has 0 aromatic rings. The van der Waals surface area contributed by atoms with Crippen LogP contribution in [0.25, 0.3) is 0 Å². The maximum atomic E-state index is 14.5. The van der Waals surface area contributed by atoms with Crippen LogP contribution in [0.3, 0.4) is 0 Å². The van der Waals surface area contributed by atoms with Gasteiger partial charge in [0.15, 0.2) is 5.83 Å². The number of allylic oxidation sites excluding steroid dienone is 1. The number of nitrogens with zero attached hydrogens (tertiary/aromatic N) is 2. The summed E-state index contributed by atoms with van der Waals surface area (Å²) in [5, 5.41) is 9.93. The first kappa shape index (κ1) is 31.8. The minimum atomic E-state index is -0.927. The third-order valence-corrected chi connectivity index (χ3v) is 8.85. The van der Waals surface area contributed by atoms with E-state index in [9.17, 15) is 9.18 Å². The highest BCUT2D eigenvalue weighted by atomic mass is 19.1. The van der Waals surface area contributed by atoms with Crippen molar-refractivity contribution in [3.05, 3.63) is 5.83 Å². The normalized spacial score (nSPS) is 29.8. The third kappa shape index (κ3) is 8.55. The number of carbonyl (C=O) groups is 1. The topological polar surface area (TPSA) is 147 Å². The Morgan fingerprint density at radius 1 is 1.32 bits per heavy atom. The second kappa shape index (κ2) is 15.3. The molecule has 7 unspecified atom stereocenters. The van der Waals surface area contributed by atoms with E-state index in [1.54, 1.807) is 0 Å². The maximum Gasteiger partial charge on any atom is 0.228 e. The van der Waals surface area contributed by atoms with Crippen molar-refractivity contribution in [2.24, 2.45) is 39.4 Å². The summed E-state index contributed by atoms with van der Waals surface area (Å²) in [4.78, 5) is 20.8. The van der Waals surface area contributed by atoms with E-state index in [1.807, 2.05) is 7.05 Å². The fraction of sp³-hybridized carbons (Fsp3) is 0.889. The smallest absolute Gasteiger partial charge is 0.228 e. The molecular weight excluding hydrogens is 471 g/mol. The first-order chi connectivity index (χ1) is 17.6. The maximum absolute atomic E-state index is 14.5. The Balaban J connectivity index is 2.37. The van der Waals surface area contributed by atoms with Crippen LogP contribution in [-0.4, -0.2) is 73.9 Å². The zero-order valence-electron chi connectivity index (χ0n) is 23.7. The molecule has 0 radical (unpaired) electrons. The van der Waals surface area contributed by atoms with Crippen molar-refractivity contribution in [2.75, 3.05) is 26.8 Å². The van der Waals surface area contributed by atoms with Crippen molar-refractivity contribution < 1.29 is 9.18 Å². The van der Waals surface area contributed by atoms with Crippen molar-refractivity contribution in [1.82, 2.24) is 20.9 Å². The Labute approximate surface area is 223 Å². The van der Waals surface area contributed by atoms with E-state index < -0.39 is 18.1 Å². The molecule has 1 amide bonds. The van der Waals surface area contributed by atoms with Crippen LogP contribution in [0.2, 0.25) is 0 Å². The minimum absolute atomic E-state index is 0.0480. The second-order valence-corrected chi connectivity index (χ2v) is 11.1. The summed E-state index contributed by atoms with van der Waals surface area (Å²) in [6.45, 7) is 10.7. The number of hydrogen-bond acceptors (Lipinski definition) is 8. The van der Waals surface area contributed by atoms with Crippen LogP contribution >= 0.6 is 0 Å². The van der Waals surface area contributed by atoms with Gasteiger partial charge in [-0.1, -0.05) is 33.6 Å². The number of aliphatic imine (C=N–C) groups is 1. The number of likely N-dealkylation sites (tertiary alicyclic amines) is 1. The summed E-state index contributed by atoms with van der Waals surface area (Å²) >= 11 is 0. The summed E-state index contributed by atoms with van der Waals surface area (Å²) < 4.78 is 14.5. The van der Waals surface area contributed by atoms with Gasteiger partial charge in [-0.15, -0.1) is 0 Å². The van der Waals surface area contributed by atoms with Gasteiger partial charge >= 0.3 is 0 Å². The van der Waals surface area contributed by atoms with E-state index >= 15 is 0 Å². The highest BCUT2D eigenvalue weighted by molar-refractivity contribution is 5.80. The van der Waals surface area contributed by atoms with E-state index in [2.05, 4.69) is 59.4 Å². The lowest BCUT2D eigenvalue weighted by molar-refractivity contribution is -0.128. The molecule has 0 aromatic carbocycles. The molecule has 2 aliphatic rings. The first-order valence-electron chi connectivity index (χ1n) is 14.3. The molecule has 9 N–H and O–H groups in total. The van der Waals surface area contributed by atoms with Gasteiger partial charge in [0.05, 0.1) is 24.3 Å². The van der Waals surface area contributed by atoms with E-state index in [4.69, 9.17) is 17.2 Å². The fourth-order valence-corrected chi connectivity index (χ4v) is 6.32. The average Bonchev–Trinajstić information content (AvgIpc) is 2.87. The lowest BCUT2D eigenvalue weighted by Gasteiger charge is -2.45. The van der Waals surface area contributed by atoms with Crippen LogP contribution in [0.5, 0.6) is 0 Å². The van der Waals surface area contributed by atoms with Gasteiger partial charge < -0.3 is 27.8 Å². The second-order valence-electron chi connectivity index (χ2n) is 11.1. The molecule has 0 spiro atoms. The number of rotatable bonds is 13. The number of amides is 1. The van der Waals surface area contributed by atoms with Crippen LogP contribution in [0.15, 0.2) is 10.8 Å². The lowest BCUT2D eigenvalue weighted by atomic mass is 9.70. The van der Waals surface area contributed by atoms with Crippen molar-refractivity contribution in [3.8, 4) is 0 Å². The molecule has 214 valence electrons. The van der Waals surface area contributed by atoms with Gasteiger partial charge in [0.25, 0.3) is 0 Å². The standard InChI is InChI=1S/C27H53FN8O/c1-6-11-27(8-3)12-9-19(28)15-33-21(14-27)23(24(30)31)26(37)35-22-16-36(18(4)7-2)13-10-20(22)25(32-5)34-17-29/h18,20-25,32,34H,6-14,16-17,29-31H2,1-5H3,(H,35,37). The van der Waals surface area contributed by atoms with Gasteiger partial charge in [-0.3, -0.25) is 15.0 Å². The van der Waals surface area contributed by atoms with Gasteiger partial charge in [-0.05, 0) is 58.0 Å². The number of halogens is 1. The van der Waals surface area contributed by atoms with Crippen molar-refractivity contribution in [1.29, 1.82) is 0 Å². The summed E-state index contributed by atoms with van der Waals surface area (Å²) in [7, 11) is 1.90. The van der Waals surface area contributed by atoms with Crippen LogP contribution in [0.1, 0.15) is 79.1 Å². The predicted octanol–water partition coefficient (Wildman–Crippen LogP) is 1.77. The molecular formula is C27H53FN8O. The van der Waals surface area contributed by atoms with Gasteiger partial charge in [0, 0.05) is 43.5 Å². The first-order valence-corrected chi connectivity index (χ1v) is 14.3. The number of nitrogens with two attached hydrogens (primary N) is 3. The van der Waals surface area contributed by atoms with E-state index in [0.717, 1.165) is 45.2 Å². The number of piperidine rings is 1. The zero-order chi connectivity index (χ0) is 27.6. The largest absolute Gasteiger partial charge is 0.351 e. The number of hydrogen-bond donors (Lipinski definition) is 6. The summed E-state index contributed by atoms with van der Waals surface area (Å²) in [6.07, 6.45) is 5.44. The molecule has 2 heterocycles. The number of nitrogens with one attached hydrogen (secondary N) is 3. The van der Waals surface area contributed by atoms with Gasteiger partial charge in [0.2, 0.25) is 5.91 Å². The van der Waals surface area contributed by atoms with E-state index in [-0.39, 0.29) is 35.3 Å². The summed E-state index contributed by atoms with van der Waals surface area (Å²) in [5.74, 6) is 1.30. The van der Waals surface area contributed by atoms with Crippen molar-refractivity contribution in [2.45, 2.75) is 110 Å². The zero-order valence-corrected chi connectivity index (χ0v) is 23.7. The Hall–Kier alpha value is -1.39. The van der Waals surface area contributed by atoms with Crippen molar-refractivity contribution in [3.63, 3.8) is 0 Å². The molecule has 37 heavy (non-hydrogen) atoms. The summed E-state index contributed by atoms with van der Waals surface area (Å²) in [6, 6.07) is -0.261. The molecule has 1 fully saturated rings. The van der Waals surface area contributed by atoms with Crippen LogP contribution < -0.4 is 33.2 Å². The molecule has 0 aromatic heterocycles. The van der Waals surface area contributed by atoms with E-state index in [0.29, 0.717) is 32.0 Å². The molecule has 2 aliphatic heterocycles. The Bertz CT molecular complexity index is 774. The van der Waals surface area contributed by atoms with Crippen LogP contribution in [0.4, 0.5) is 4.39 Å². The molecule has 10 heteroatoms. The van der Waals surface area contributed by atoms with Crippen LogP contribution in [0, 0.1) is 17.3 Å². The Morgan fingerprint density at radius 2 is 2.05 bits per heavy atom. The average molecular weight is 525 g/mol. The molecule has 0 aliphatic carbocycles. The highest BCUT2D eigenvalue weighted by Gasteiger charge is 2.42. The van der Waals surface area contributed by atoms with E-state index in [1.165, 1.54) is 0 Å². The molecule has 1 saturated heterocycles. The third-order valence-electron chi connectivity index (χ3n) is 8.85. The summed E-state index contributed by atoms with van der Waals surface area (Å²) in [5.41, 5.74) is 18.2. The molecule has 0 bridgehead atoms. The molecule has 9 nitrogen and oxygen atoms in total. The fourth-order valence-electron chi connectivity index (χ4n) is 6.32. The predicted molar refractivity (Wildman–Crippen MR) is 149 cm³/mol. The Morgan fingerprint density at radius 3 is 2.62 bits per heavy atom. The lowest BCUT2D eigenvalue weighted by Crippen LogP contribution is -2.64. The monoisotopic (exact) mass is 524 g/mol. The quantitative estimate of drug-likeness (QED) is 0.201.